The summed E-state index contributed by atoms with van der Waals surface area (Å²) in [5.41, 5.74) is 0.410. The lowest BCUT2D eigenvalue weighted by molar-refractivity contribution is -0.206. The molecule has 2 N–H and O–H groups in total. The molecule has 2 rings (SSSR count). The summed E-state index contributed by atoms with van der Waals surface area (Å²) < 4.78 is 43.4. The molecule has 0 saturated carbocycles. The number of aliphatic hydroxyl groups is 1. The number of aliphatic hydroxyl groups excluding tert-OH is 1. The summed E-state index contributed by atoms with van der Waals surface area (Å²) in [5.74, 6) is 0.500. The number of hydrogen-bond acceptors (Lipinski definition) is 4. The number of anilines is 1. The maximum absolute atomic E-state index is 12.7. The molecule has 2 aromatic carbocycles. The Kier molecular flexibility index (Phi) is 5.66. The monoisotopic (exact) mass is 336 g/mol. The summed E-state index contributed by atoms with van der Waals surface area (Å²) in [7, 11) is 0. The van der Waals surface area contributed by atoms with E-state index in [1.165, 1.54) is 18.2 Å². The topological polar surface area (TPSA) is 65.3 Å². The number of benzene rings is 2. The van der Waals surface area contributed by atoms with E-state index < -0.39 is 12.3 Å². The third kappa shape index (κ3) is 4.64. The van der Waals surface area contributed by atoms with Crippen LogP contribution in [-0.4, -0.2) is 24.4 Å². The fourth-order valence-electron chi connectivity index (χ4n) is 2.08. The normalized spacial score (nSPS) is 12.3. The number of ether oxygens (including phenoxy) is 1. The summed E-state index contributed by atoms with van der Waals surface area (Å²) >= 11 is 0. The molecule has 0 radical (unpaired) electrons. The van der Waals surface area contributed by atoms with E-state index in [9.17, 15) is 18.3 Å². The summed E-state index contributed by atoms with van der Waals surface area (Å²) in [6.07, 6.45) is -7.28. The number of halogens is 3. The van der Waals surface area contributed by atoms with Gasteiger partial charge in [0.2, 0.25) is 0 Å². The number of alkyl halides is 3. The van der Waals surface area contributed by atoms with Gasteiger partial charge in [-0.15, -0.1) is 0 Å². The Morgan fingerprint density at radius 3 is 2.62 bits per heavy atom. The van der Waals surface area contributed by atoms with Crippen molar-refractivity contribution in [3.05, 3.63) is 59.7 Å². The predicted molar refractivity (Wildman–Crippen MR) is 82.6 cm³/mol. The standard InChI is InChI=1S/C17H15F3N2O2/c18-17(19,20)16(23)14-6-1-2-7-15(14)22-8-9-24-13-5-3-4-12(10-13)11-21/h1-7,10,16,22-23H,8-9H2/t16-/m0/s1. The first kappa shape index (κ1) is 17.6. The third-order valence-electron chi connectivity index (χ3n) is 3.21. The van der Waals surface area contributed by atoms with E-state index in [0.29, 0.717) is 11.3 Å². The molecule has 0 spiro atoms. The summed E-state index contributed by atoms with van der Waals surface area (Å²) in [4.78, 5) is 0. The average Bonchev–Trinajstić information content (AvgIpc) is 2.58. The van der Waals surface area contributed by atoms with Gasteiger partial charge in [-0.2, -0.15) is 18.4 Å². The molecule has 7 heteroatoms. The van der Waals surface area contributed by atoms with E-state index in [1.807, 2.05) is 6.07 Å². The van der Waals surface area contributed by atoms with Gasteiger partial charge < -0.3 is 15.2 Å². The Bertz CT molecular complexity index is 726. The molecule has 0 amide bonds. The van der Waals surface area contributed by atoms with Gasteiger partial charge in [0.25, 0.3) is 0 Å². The molecular weight excluding hydrogens is 321 g/mol. The number of rotatable bonds is 6. The smallest absolute Gasteiger partial charge is 0.418 e. The quantitative estimate of drug-likeness (QED) is 0.791. The predicted octanol–water partition coefficient (Wildman–Crippen LogP) is 3.64. The maximum Gasteiger partial charge on any atom is 0.418 e. The number of hydrogen-bond donors (Lipinski definition) is 2. The van der Waals surface area contributed by atoms with Crippen LogP contribution in [0, 0.1) is 11.3 Å². The first-order valence-electron chi connectivity index (χ1n) is 7.12. The highest BCUT2D eigenvalue weighted by molar-refractivity contribution is 5.52. The Morgan fingerprint density at radius 2 is 1.92 bits per heavy atom. The Hall–Kier alpha value is -2.72. The minimum absolute atomic E-state index is 0.186. The first-order valence-corrected chi connectivity index (χ1v) is 7.12. The van der Waals surface area contributed by atoms with Gasteiger partial charge in [-0.3, -0.25) is 0 Å². The molecule has 0 aliphatic carbocycles. The van der Waals surface area contributed by atoms with E-state index in [0.717, 1.165) is 0 Å². The molecule has 0 aromatic heterocycles. The van der Waals surface area contributed by atoms with Crippen molar-refractivity contribution >= 4 is 5.69 Å². The minimum Gasteiger partial charge on any atom is -0.492 e. The molecule has 0 fully saturated rings. The van der Waals surface area contributed by atoms with E-state index in [2.05, 4.69) is 5.32 Å². The first-order chi connectivity index (χ1) is 11.4. The van der Waals surface area contributed by atoms with E-state index >= 15 is 0 Å². The average molecular weight is 336 g/mol. The van der Waals surface area contributed by atoms with Gasteiger partial charge in [-0.1, -0.05) is 24.3 Å². The van der Waals surface area contributed by atoms with Crippen LogP contribution in [0.3, 0.4) is 0 Å². The molecule has 126 valence electrons. The van der Waals surface area contributed by atoms with E-state index in [-0.39, 0.29) is 24.4 Å². The summed E-state index contributed by atoms with van der Waals surface area (Å²) in [6.45, 7) is 0.420. The fraction of sp³-hybridized carbons (Fsp3) is 0.235. The van der Waals surface area contributed by atoms with Gasteiger partial charge in [-0.25, -0.2) is 0 Å². The molecule has 2 aromatic rings. The van der Waals surface area contributed by atoms with Gasteiger partial charge in [0, 0.05) is 17.8 Å². The molecule has 0 bridgehead atoms. The molecule has 24 heavy (non-hydrogen) atoms. The molecule has 4 nitrogen and oxygen atoms in total. The largest absolute Gasteiger partial charge is 0.492 e. The Balaban J connectivity index is 1.94. The SMILES string of the molecule is N#Cc1cccc(OCCNc2ccccc2[C@H](O)C(F)(F)F)c1. The molecule has 0 aliphatic rings. The zero-order valence-corrected chi connectivity index (χ0v) is 12.5. The lowest BCUT2D eigenvalue weighted by atomic mass is 10.1. The number of nitrogens with one attached hydrogen (secondary N) is 1. The second-order valence-corrected chi connectivity index (χ2v) is 4.95. The fourth-order valence-corrected chi connectivity index (χ4v) is 2.08. The Labute approximate surface area is 137 Å². The van der Waals surface area contributed by atoms with Crippen LogP contribution in [0.4, 0.5) is 18.9 Å². The lowest BCUT2D eigenvalue weighted by Crippen LogP contribution is -2.22. The van der Waals surface area contributed by atoms with Crippen LogP contribution in [0.2, 0.25) is 0 Å². The van der Waals surface area contributed by atoms with Crippen LogP contribution in [0.5, 0.6) is 5.75 Å². The van der Waals surface area contributed by atoms with Crippen LogP contribution in [0.15, 0.2) is 48.5 Å². The highest BCUT2D eigenvalue weighted by atomic mass is 19.4. The van der Waals surface area contributed by atoms with Crippen molar-refractivity contribution in [3.63, 3.8) is 0 Å². The highest BCUT2D eigenvalue weighted by Crippen LogP contribution is 2.35. The van der Waals surface area contributed by atoms with Crippen LogP contribution >= 0.6 is 0 Å². The molecule has 0 saturated heterocycles. The van der Waals surface area contributed by atoms with Crippen LogP contribution in [-0.2, 0) is 0 Å². The van der Waals surface area contributed by atoms with Crippen molar-refractivity contribution in [2.24, 2.45) is 0 Å². The third-order valence-corrected chi connectivity index (χ3v) is 3.21. The van der Waals surface area contributed by atoms with Crippen molar-refractivity contribution in [3.8, 4) is 11.8 Å². The second kappa shape index (κ2) is 7.70. The van der Waals surface area contributed by atoms with Gasteiger partial charge in [-0.05, 0) is 24.3 Å². The number of para-hydroxylation sites is 1. The van der Waals surface area contributed by atoms with Gasteiger partial charge in [0.1, 0.15) is 12.4 Å². The van der Waals surface area contributed by atoms with Gasteiger partial charge in [0.05, 0.1) is 11.6 Å². The van der Waals surface area contributed by atoms with Crippen molar-refractivity contribution < 1.29 is 23.0 Å². The molecule has 0 aliphatic heterocycles. The molecule has 1 atom stereocenters. The molecule has 0 unspecified atom stereocenters. The van der Waals surface area contributed by atoms with Crippen molar-refractivity contribution in [2.45, 2.75) is 12.3 Å². The second-order valence-electron chi connectivity index (χ2n) is 4.95. The van der Waals surface area contributed by atoms with Crippen molar-refractivity contribution in [1.82, 2.24) is 0 Å². The zero-order valence-electron chi connectivity index (χ0n) is 12.5. The van der Waals surface area contributed by atoms with Crippen molar-refractivity contribution in [2.75, 3.05) is 18.5 Å². The van der Waals surface area contributed by atoms with Crippen LogP contribution in [0.25, 0.3) is 0 Å². The maximum atomic E-state index is 12.7. The highest BCUT2D eigenvalue weighted by Gasteiger charge is 2.40. The Morgan fingerprint density at radius 1 is 1.17 bits per heavy atom. The van der Waals surface area contributed by atoms with Gasteiger partial charge >= 0.3 is 6.18 Å². The van der Waals surface area contributed by atoms with E-state index in [1.54, 1.807) is 30.3 Å². The zero-order chi connectivity index (χ0) is 17.6. The number of nitrogens with zero attached hydrogens (tertiary/aromatic N) is 1. The van der Waals surface area contributed by atoms with Crippen LogP contribution < -0.4 is 10.1 Å². The van der Waals surface area contributed by atoms with Crippen LogP contribution in [0.1, 0.15) is 17.2 Å². The summed E-state index contributed by atoms with van der Waals surface area (Å²) in [5, 5.41) is 21.0. The number of nitriles is 1. The minimum atomic E-state index is -4.73. The lowest BCUT2D eigenvalue weighted by Gasteiger charge is -2.19. The van der Waals surface area contributed by atoms with E-state index in [4.69, 9.17) is 10.00 Å². The molecular formula is C17H15F3N2O2. The van der Waals surface area contributed by atoms with Crippen molar-refractivity contribution in [1.29, 1.82) is 5.26 Å². The summed E-state index contributed by atoms with van der Waals surface area (Å²) in [6, 6.07) is 14.2. The molecule has 0 heterocycles. The van der Waals surface area contributed by atoms with Gasteiger partial charge in [0.15, 0.2) is 6.10 Å².